The van der Waals surface area contributed by atoms with E-state index in [1.54, 1.807) is 31.3 Å². The summed E-state index contributed by atoms with van der Waals surface area (Å²) in [5, 5.41) is 19.5. The number of rotatable bonds is 5. The lowest BCUT2D eigenvalue weighted by Crippen LogP contribution is -2.22. The summed E-state index contributed by atoms with van der Waals surface area (Å²) in [6, 6.07) is 9.24. The molecule has 0 spiro atoms. The van der Waals surface area contributed by atoms with Crippen molar-refractivity contribution in [2.75, 3.05) is 0 Å². The number of carboxylic acid groups (broad SMARTS) is 1. The molecule has 1 aromatic heterocycles. The summed E-state index contributed by atoms with van der Waals surface area (Å²) in [5.41, 5.74) is 1.13. The van der Waals surface area contributed by atoms with Crippen LogP contribution in [0.5, 0.6) is 0 Å². The van der Waals surface area contributed by atoms with Crippen molar-refractivity contribution in [1.82, 2.24) is 4.57 Å². The zero-order chi connectivity index (χ0) is 16.3. The van der Waals surface area contributed by atoms with Crippen LogP contribution in [0.25, 0.3) is 11.3 Å². The lowest BCUT2D eigenvalue weighted by atomic mass is 10.1. The third-order valence-corrected chi connectivity index (χ3v) is 3.34. The Hall–Kier alpha value is -2.96. The van der Waals surface area contributed by atoms with Crippen LogP contribution in [0.3, 0.4) is 0 Å². The number of nitrogens with zero attached hydrogens (tertiary/aromatic N) is 2. The molecule has 2 rings (SSSR count). The predicted molar refractivity (Wildman–Crippen MR) is 79.7 cm³/mol. The van der Waals surface area contributed by atoms with Crippen LogP contribution in [0.15, 0.2) is 41.2 Å². The first-order valence-electron chi connectivity index (χ1n) is 6.55. The fraction of sp³-hybridized carbons (Fsp3) is 0.200. The first-order chi connectivity index (χ1) is 10.4. The molecule has 7 nitrogen and oxygen atoms in total. The van der Waals surface area contributed by atoms with E-state index in [0.29, 0.717) is 16.8 Å². The molecule has 114 valence electrons. The topological polar surface area (TPSA) is 102 Å². The van der Waals surface area contributed by atoms with Gasteiger partial charge >= 0.3 is 5.97 Å². The Morgan fingerprint density at radius 1 is 1.32 bits per heavy atom. The zero-order valence-corrected chi connectivity index (χ0v) is 11.9. The second-order valence-corrected chi connectivity index (χ2v) is 4.81. The maximum Gasteiger partial charge on any atom is 0.303 e. The van der Waals surface area contributed by atoms with E-state index in [4.69, 9.17) is 5.11 Å². The van der Waals surface area contributed by atoms with E-state index in [9.17, 15) is 19.7 Å². The summed E-state index contributed by atoms with van der Waals surface area (Å²) in [4.78, 5) is 33.1. The molecule has 0 amide bonds. The number of hydrogen-bond donors (Lipinski definition) is 1. The monoisotopic (exact) mass is 302 g/mol. The van der Waals surface area contributed by atoms with Crippen LogP contribution in [-0.4, -0.2) is 20.6 Å². The summed E-state index contributed by atoms with van der Waals surface area (Å²) in [6.07, 6.45) is 0.0304. The van der Waals surface area contributed by atoms with E-state index < -0.39 is 10.9 Å². The minimum Gasteiger partial charge on any atom is -0.481 e. The van der Waals surface area contributed by atoms with Crippen molar-refractivity contribution in [1.29, 1.82) is 0 Å². The highest BCUT2D eigenvalue weighted by atomic mass is 16.6. The van der Waals surface area contributed by atoms with Crippen LogP contribution in [0.4, 0.5) is 5.69 Å². The average molecular weight is 302 g/mol. The van der Waals surface area contributed by atoms with Crippen LogP contribution in [0.2, 0.25) is 0 Å². The van der Waals surface area contributed by atoms with Gasteiger partial charge in [-0.15, -0.1) is 0 Å². The van der Waals surface area contributed by atoms with E-state index in [-0.39, 0.29) is 24.1 Å². The summed E-state index contributed by atoms with van der Waals surface area (Å²) in [6.45, 7) is 0. The normalized spacial score (nSPS) is 10.4. The second kappa shape index (κ2) is 6.21. The number of nitro groups is 1. The first kappa shape index (κ1) is 15.4. The van der Waals surface area contributed by atoms with Crippen molar-refractivity contribution >= 4 is 11.7 Å². The fourth-order valence-corrected chi connectivity index (χ4v) is 2.19. The molecule has 1 aromatic carbocycles. The minimum atomic E-state index is -0.968. The molecule has 0 saturated heterocycles. The SMILES string of the molecule is Cn1c(-c2cccc([N+](=O)[O-])c2)ccc(CCC(=O)O)c1=O. The Morgan fingerprint density at radius 3 is 2.68 bits per heavy atom. The maximum atomic E-state index is 12.2. The number of non-ortho nitro benzene ring substituents is 1. The van der Waals surface area contributed by atoms with Gasteiger partial charge in [-0.3, -0.25) is 19.7 Å². The van der Waals surface area contributed by atoms with Crippen molar-refractivity contribution in [3.8, 4) is 11.3 Å². The number of pyridine rings is 1. The number of nitro benzene ring substituents is 1. The van der Waals surface area contributed by atoms with Gasteiger partial charge in [-0.1, -0.05) is 18.2 Å². The highest BCUT2D eigenvalue weighted by Crippen LogP contribution is 2.22. The van der Waals surface area contributed by atoms with Crippen LogP contribution in [0, 0.1) is 10.1 Å². The molecule has 22 heavy (non-hydrogen) atoms. The van der Waals surface area contributed by atoms with Gasteiger partial charge in [0.1, 0.15) is 0 Å². The molecule has 0 bridgehead atoms. The molecule has 0 atom stereocenters. The van der Waals surface area contributed by atoms with Gasteiger partial charge in [0.25, 0.3) is 11.2 Å². The van der Waals surface area contributed by atoms with Gasteiger partial charge in [0, 0.05) is 36.7 Å². The van der Waals surface area contributed by atoms with Crippen molar-refractivity contribution in [2.45, 2.75) is 12.8 Å². The van der Waals surface area contributed by atoms with Crippen LogP contribution < -0.4 is 5.56 Å². The van der Waals surface area contributed by atoms with Crippen LogP contribution >= 0.6 is 0 Å². The van der Waals surface area contributed by atoms with Gasteiger partial charge in [-0.2, -0.15) is 0 Å². The number of aromatic nitrogens is 1. The molecule has 2 aromatic rings. The number of carboxylic acids is 1. The molecule has 0 fully saturated rings. The largest absolute Gasteiger partial charge is 0.481 e. The van der Waals surface area contributed by atoms with E-state index in [2.05, 4.69) is 0 Å². The summed E-state index contributed by atoms with van der Waals surface area (Å²) >= 11 is 0. The summed E-state index contributed by atoms with van der Waals surface area (Å²) < 4.78 is 1.37. The lowest BCUT2D eigenvalue weighted by Gasteiger charge is -2.10. The van der Waals surface area contributed by atoms with Gasteiger partial charge in [0.15, 0.2) is 0 Å². The summed E-state index contributed by atoms with van der Waals surface area (Å²) in [7, 11) is 1.56. The molecule has 0 aliphatic heterocycles. The smallest absolute Gasteiger partial charge is 0.303 e. The number of hydrogen-bond acceptors (Lipinski definition) is 4. The highest BCUT2D eigenvalue weighted by molar-refractivity contribution is 5.67. The van der Waals surface area contributed by atoms with E-state index in [1.165, 1.54) is 16.7 Å². The minimum absolute atomic E-state index is 0.0556. The van der Waals surface area contributed by atoms with E-state index in [1.807, 2.05) is 0 Å². The Labute approximate surface area is 125 Å². The molecule has 1 N–H and O–H groups in total. The molecule has 1 heterocycles. The van der Waals surface area contributed by atoms with Gasteiger partial charge in [0.05, 0.1) is 10.6 Å². The third kappa shape index (κ3) is 3.20. The zero-order valence-electron chi connectivity index (χ0n) is 11.9. The number of aryl methyl sites for hydroxylation is 1. The molecule has 0 saturated carbocycles. The Balaban J connectivity index is 2.43. The Bertz CT molecular complexity index is 795. The number of benzene rings is 1. The summed E-state index contributed by atoms with van der Waals surface area (Å²) in [5.74, 6) is -0.968. The molecule has 7 heteroatoms. The molecule has 0 unspecified atom stereocenters. The van der Waals surface area contributed by atoms with Crippen molar-refractivity contribution in [3.63, 3.8) is 0 Å². The number of aliphatic carboxylic acids is 1. The predicted octanol–water partition coefficient (Wildman–Crippen LogP) is 1.98. The van der Waals surface area contributed by atoms with Crippen LogP contribution in [0.1, 0.15) is 12.0 Å². The molecular formula is C15H14N2O5. The average Bonchev–Trinajstić information content (AvgIpc) is 2.48. The Kier molecular flexibility index (Phi) is 4.36. The first-order valence-corrected chi connectivity index (χ1v) is 6.55. The van der Waals surface area contributed by atoms with Crippen molar-refractivity contribution in [3.05, 3.63) is 62.4 Å². The molecule has 0 aliphatic rings. The molecule has 0 radical (unpaired) electrons. The highest BCUT2D eigenvalue weighted by Gasteiger charge is 2.12. The quantitative estimate of drug-likeness (QED) is 0.672. The van der Waals surface area contributed by atoms with E-state index >= 15 is 0 Å². The lowest BCUT2D eigenvalue weighted by molar-refractivity contribution is -0.384. The van der Waals surface area contributed by atoms with E-state index in [0.717, 1.165) is 0 Å². The fourth-order valence-electron chi connectivity index (χ4n) is 2.19. The van der Waals surface area contributed by atoms with Gasteiger partial charge in [0.2, 0.25) is 0 Å². The van der Waals surface area contributed by atoms with Crippen LogP contribution in [-0.2, 0) is 18.3 Å². The van der Waals surface area contributed by atoms with Crippen molar-refractivity contribution < 1.29 is 14.8 Å². The van der Waals surface area contributed by atoms with Gasteiger partial charge < -0.3 is 9.67 Å². The van der Waals surface area contributed by atoms with Crippen molar-refractivity contribution in [2.24, 2.45) is 7.05 Å². The number of carbonyl (C=O) groups is 1. The second-order valence-electron chi connectivity index (χ2n) is 4.81. The molecule has 0 aliphatic carbocycles. The molecular weight excluding hydrogens is 288 g/mol. The maximum absolute atomic E-state index is 12.2. The standard InChI is InChI=1S/C15H14N2O5/c1-16-13(11-3-2-4-12(9-11)17(21)22)7-5-10(15(16)20)6-8-14(18)19/h2-5,7,9H,6,8H2,1H3,(H,18,19). The van der Waals surface area contributed by atoms with Gasteiger partial charge in [-0.25, -0.2) is 0 Å². The third-order valence-electron chi connectivity index (χ3n) is 3.34. The van der Waals surface area contributed by atoms with Gasteiger partial charge in [-0.05, 0) is 12.5 Å². The Morgan fingerprint density at radius 2 is 2.05 bits per heavy atom.